The van der Waals surface area contributed by atoms with Gasteiger partial charge in [-0.05, 0) is 29.5 Å². The topological polar surface area (TPSA) is 61.4 Å². The molecule has 7 heteroatoms. The maximum atomic E-state index is 5.84. The molecule has 0 radical (unpaired) electrons. The van der Waals surface area contributed by atoms with Crippen LogP contribution >= 0.6 is 11.6 Å². The van der Waals surface area contributed by atoms with Gasteiger partial charge in [0.05, 0.1) is 12.7 Å². The predicted molar refractivity (Wildman–Crippen MR) is 70.6 cm³/mol. The van der Waals surface area contributed by atoms with Crippen molar-refractivity contribution in [3.63, 3.8) is 0 Å². The summed E-state index contributed by atoms with van der Waals surface area (Å²) in [4.78, 5) is 1.54. The Balaban J connectivity index is 1.81. The fraction of sp³-hybridized carbons (Fsp3) is 0.167. The van der Waals surface area contributed by atoms with Crippen LogP contribution in [0, 0.1) is 0 Å². The van der Waals surface area contributed by atoms with Gasteiger partial charge in [-0.2, -0.15) is 9.90 Å². The second-order valence-corrected chi connectivity index (χ2v) is 4.61. The third-order valence-corrected chi connectivity index (χ3v) is 2.89. The van der Waals surface area contributed by atoms with Gasteiger partial charge >= 0.3 is 0 Å². The average molecular weight is 275 g/mol. The molecule has 0 unspecified atom stereocenters. The first-order chi connectivity index (χ1) is 9.20. The zero-order valence-electron chi connectivity index (χ0n) is 10.2. The van der Waals surface area contributed by atoms with Crippen molar-refractivity contribution in [3.05, 3.63) is 47.2 Å². The van der Waals surface area contributed by atoms with Crippen LogP contribution in [0.1, 0.15) is 5.56 Å². The third kappa shape index (κ3) is 2.63. The lowest BCUT2D eigenvalue weighted by molar-refractivity contribution is 0.572. The number of benzene rings is 1. The van der Waals surface area contributed by atoms with Crippen LogP contribution in [-0.4, -0.2) is 30.0 Å². The summed E-state index contributed by atoms with van der Waals surface area (Å²) in [5, 5.41) is 17.2. The Hall–Kier alpha value is -2.21. The Kier molecular flexibility index (Phi) is 3.00. The number of hydrogen-bond acceptors (Lipinski definition) is 4. The van der Waals surface area contributed by atoms with Crippen LogP contribution in [0.5, 0.6) is 0 Å². The van der Waals surface area contributed by atoms with E-state index in [9.17, 15) is 0 Å². The number of nitrogens with zero attached hydrogens (tertiary/aromatic N) is 6. The number of aryl methyl sites for hydroxylation is 1. The highest BCUT2D eigenvalue weighted by molar-refractivity contribution is 6.30. The van der Waals surface area contributed by atoms with E-state index in [0.717, 1.165) is 11.1 Å². The molecule has 19 heavy (non-hydrogen) atoms. The highest BCUT2D eigenvalue weighted by Gasteiger charge is 2.06. The first-order valence-corrected chi connectivity index (χ1v) is 6.10. The van der Waals surface area contributed by atoms with Gasteiger partial charge in [0.15, 0.2) is 0 Å². The quantitative estimate of drug-likeness (QED) is 0.730. The van der Waals surface area contributed by atoms with Crippen LogP contribution in [0.15, 0.2) is 36.7 Å². The van der Waals surface area contributed by atoms with Gasteiger partial charge in [0.25, 0.3) is 0 Å². The van der Waals surface area contributed by atoms with E-state index in [-0.39, 0.29) is 0 Å². The van der Waals surface area contributed by atoms with Crippen molar-refractivity contribution in [2.24, 2.45) is 7.05 Å². The minimum absolute atomic E-state index is 0.550. The third-order valence-electron chi connectivity index (χ3n) is 2.64. The van der Waals surface area contributed by atoms with Gasteiger partial charge in [-0.3, -0.25) is 4.68 Å². The lowest BCUT2D eigenvalue weighted by atomic mass is 10.2. The fourth-order valence-electron chi connectivity index (χ4n) is 1.74. The monoisotopic (exact) mass is 274 g/mol. The summed E-state index contributed by atoms with van der Waals surface area (Å²) in [5.41, 5.74) is 1.92. The highest BCUT2D eigenvalue weighted by Crippen LogP contribution is 2.17. The molecule has 0 amide bonds. The molecular formula is C12H11ClN6. The number of rotatable bonds is 3. The molecule has 0 atom stereocenters. The Morgan fingerprint density at radius 3 is 2.68 bits per heavy atom. The smallest absolute Gasteiger partial charge is 0.204 e. The number of aromatic nitrogens is 6. The second-order valence-electron chi connectivity index (χ2n) is 4.17. The van der Waals surface area contributed by atoms with Crippen LogP contribution < -0.4 is 0 Å². The molecule has 2 aromatic heterocycles. The molecule has 96 valence electrons. The van der Waals surface area contributed by atoms with Gasteiger partial charge in [-0.15, -0.1) is 10.2 Å². The highest BCUT2D eigenvalue weighted by atomic mass is 35.5. The molecule has 0 bridgehead atoms. The van der Waals surface area contributed by atoms with E-state index in [0.29, 0.717) is 17.4 Å². The standard InChI is InChI=1S/C12H11ClN6/c1-18-7-9(6-14-18)8-19-16-12(15-17-19)10-2-4-11(13)5-3-10/h2-7H,8H2,1H3. The molecule has 6 nitrogen and oxygen atoms in total. The first kappa shape index (κ1) is 11.9. The van der Waals surface area contributed by atoms with Gasteiger partial charge in [0.1, 0.15) is 0 Å². The molecule has 0 aliphatic heterocycles. The van der Waals surface area contributed by atoms with Gasteiger partial charge in [0.2, 0.25) is 5.82 Å². The summed E-state index contributed by atoms with van der Waals surface area (Å²) >= 11 is 5.84. The summed E-state index contributed by atoms with van der Waals surface area (Å²) in [5.74, 6) is 0.584. The average Bonchev–Trinajstić information content (AvgIpc) is 3.00. The molecule has 0 saturated heterocycles. The van der Waals surface area contributed by atoms with E-state index in [4.69, 9.17) is 11.6 Å². The Morgan fingerprint density at radius 2 is 2.00 bits per heavy atom. The molecule has 0 spiro atoms. The van der Waals surface area contributed by atoms with Gasteiger partial charge < -0.3 is 0 Å². The lowest BCUT2D eigenvalue weighted by Crippen LogP contribution is -2.03. The normalized spacial score (nSPS) is 10.8. The minimum atomic E-state index is 0.550. The van der Waals surface area contributed by atoms with Crippen LogP contribution in [0.25, 0.3) is 11.4 Å². The molecule has 0 aliphatic carbocycles. The van der Waals surface area contributed by atoms with Crippen LogP contribution in [0.4, 0.5) is 0 Å². The molecule has 3 rings (SSSR count). The van der Waals surface area contributed by atoms with Crippen molar-refractivity contribution in [2.45, 2.75) is 6.54 Å². The zero-order chi connectivity index (χ0) is 13.2. The van der Waals surface area contributed by atoms with Crippen molar-refractivity contribution in [1.82, 2.24) is 30.0 Å². The summed E-state index contributed by atoms with van der Waals surface area (Å²) in [6, 6.07) is 7.35. The van der Waals surface area contributed by atoms with Crippen LogP contribution in [-0.2, 0) is 13.6 Å². The molecule has 0 saturated carbocycles. The molecular weight excluding hydrogens is 264 g/mol. The summed E-state index contributed by atoms with van der Waals surface area (Å²) < 4.78 is 1.74. The van der Waals surface area contributed by atoms with Crippen molar-refractivity contribution >= 4 is 11.6 Å². The molecule has 0 fully saturated rings. The maximum Gasteiger partial charge on any atom is 0.204 e. The number of tetrazole rings is 1. The Bertz CT molecular complexity index is 684. The zero-order valence-corrected chi connectivity index (χ0v) is 11.0. The molecule has 1 aromatic carbocycles. The van der Waals surface area contributed by atoms with Crippen molar-refractivity contribution in [1.29, 1.82) is 0 Å². The summed E-state index contributed by atoms with van der Waals surface area (Å²) in [6.07, 6.45) is 3.71. The van der Waals surface area contributed by atoms with E-state index >= 15 is 0 Å². The molecule has 0 N–H and O–H groups in total. The summed E-state index contributed by atoms with van der Waals surface area (Å²) in [6.45, 7) is 0.550. The van der Waals surface area contributed by atoms with E-state index in [1.165, 1.54) is 0 Å². The first-order valence-electron chi connectivity index (χ1n) is 5.72. The molecule has 0 aliphatic rings. The van der Waals surface area contributed by atoms with Crippen LogP contribution in [0.3, 0.4) is 0 Å². The van der Waals surface area contributed by atoms with Gasteiger partial charge in [-0.1, -0.05) is 11.6 Å². The van der Waals surface area contributed by atoms with E-state index in [2.05, 4.69) is 20.5 Å². The number of halogens is 1. The Labute approximate surface area is 114 Å². The minimum Gasteiger partial charge on any atom is -0.275 e. The second kappa shape index (κ2) is 4.81. The summed E-state index contributed by atoms with van der Waals surface area (Å²) in [7, 11) is 1.87. The van der Waals surface area contributed by atoms with Crippen LogP contribution in [0.2, 0.25) is 5.02 Å². The fourth-order valence-corrected chi connectivity index (χ4v) is 1.87. The largest absolute Gasteiger partial charge is 0.275 e. The maximum absolute atomic E-state index is 5.84. The Morgan fingerprint density at radius 1 is 1.21 bits per heavy atom. The molecule has 3 aromatic rings. The van der Waals surface area contributed by atoms with E-state index in [1.54, 1.807) is 27.8 Å². The van der Waals surface area contributed by atoms with Crippen molar-refractivity contribution in [3.8, 4) is 11.4 Å². The van der Waals surface area contributed by atoms with E-state index in [1.807, 2.05) is 25.4 Å². The lowest BCUT2D eigenvalue weighted by Gasteiger charge is -1.95. The van der Waals surface area contributed by atoms with Gasteiger partial charge in [0, 0.05) is 29.4 Å². The van der Waals surface area contributed by atoms with Crippen molar-refractivity contribution in [2.75, 3.05) is 0 Å². The van der Waals surface area contributed by atoms with E-state index < -0.39 is 0 Å². The predicted octanol–water partition coefficient (Wildman–Crippen LogP) is 1.78. The van der Waals surface area contributed by atoms with Gasteiger partial charge in [-0.25, -0.2) is 0 Å². The van der Waals surface area contributed by atoms with Crippen molar-refractivity contribution < 1.29 is 0 Å². The number of hydrogen-bond donors (Lipinski definition) is 0. The SMILES string of the molecule is Cn1cc(Cn2nnc(-c3ccc(Cl)cc3)n2)cn1. The molecule has 2 heterocycles.